The first-order valence-electron chi connectivity index (χ1n) is 13.1. The van der Waals surface area contributed by atoms with Crippen LogP contribution in [-0.4, -0.2) is 19.6 Å². The summed E-state index contributed by atoms with van der Waals surface area (Å²) in [7, 11) is -4.57. The largest absolute Gasteiger partial charge is 1.00 e. The maximum absolute atomic E-state index is 10.8. The molecule has 0 aliphatic rings. The molecule has 0 N–H and O–H groups in total. The van der Waals surface area contributed by atoms with Crippen molar-refractivity contribution in [3.63, 3.8) is 0 Å². The zero-order valence-electron chi connectivity index (χ0n) is 21.2. The molecule has 0 rings (SSSR count). The van der Waals surface area contributed by atoms with Gasteiger partial charge >= 0.3 is 29.6 Å². The summed E-state index contributed by atoms with van der Waals surface area (Å²) < 4.78 is 37.0. The van der Waals surface area contributed by atoms with E-state index in [1.807, 2.05) is 0 Å². The van der Waals surface area contributed by atoms with Gasteiger partial charge in [0.05, 0.1) is 6.61 Å². The molecule has 31 heavy (non-hydrogen) atoms. The number of rotatable bonds is 24. The van der Waals surface area contributed by atoms with Crippen molar-refractivity contribution in [1.29, 1.82) is 0 Å². The minimum atomic E-state index is -4.57. The molecule has 0 aliphatic carbocycles. The summed E-state index contributed by atoms with van der Waals surface area (Å²) in [4.78, 5) is 0. The van der Waals surface area contributed by atoms with Crippen LogP contribution in [0.3, 0.4) is 0 Å². The molecule has 182 valence electrons. The fraction of sp³-hybridized carbons (Fsp3) is 1.00. The van der Waals surface area contributed by atoms with Crippen LogP contribution in [0.15, 0.2) is 0 Å². The molecule has 1 atom stereocenters. The number of hydrogen-bond acceptors (Lipinski definition) is 4. The molecule has 0 fully saturated rings. The minimum Gasteiger partial charge on any atom is -0.726 e. The van der Waals surface area contributed by atoms with Gasteiger partial charge in [0.2, 0.25) is 10.4 Å². The van der Waals surface area contributed by atoms with Crippen molar-refractivity contribution < 1.29 is 46.7 Å². The van der Waals surface area contributed by atoms with Crippen molar-refractivity contribution in [3.05, 3.63) is 0 Å². The summed E-state index contributed by atoms with van der Waals surface area (Å²) in [6, 6.07) is 0. The van der Waals surface area contributed by atoms with Crippen LogP contribution in [-0.2, 0) is 14.6 Å². The topological polar surface area (TPSA) is 66.4 Å². The third-order valence-corrected chi connectivity index (χ3v) is 6.55. The molecule has 0 aromatic carbocycles. The van der Waals surface area contributed by atoms with Gasteiger partial charge in [-0.1, -0.05) is 136 Å². The van der Waals surface area contributed by atoms with Gasteiger partial charge in [-0.2, -0.15) is 0 Å². The third kappa shape index (κ3) is 28.8. The first kappa shape index (κ1) is 34.0. The van der Waals surface area contributed by atoms with E-state index in [9.17, 15) is 13.0 Å². The van der Waals surface area contributed by atoms with E-state index in [0.29, 0.717) is 0 Å². The fourth-order valence-electron chi connectivity index (χ4n) is 4.15. The Morgan fingerprint density at radius 1 is 0.581 bits per heavy atom. The molecule has 0 aromatic rings. The Kier molecular flexibility index (Phi) is 28.0. The van der Waals surface area contributed by atoms with Gasteiger partial charge in [-0.25, -0.2) is 8.42 Å². The summed E-state index contributed by atoms with van der Waals surface area (Å²) in [6.45, 7) is 4.56. The molecule has 1 unspecified atom stereocenters. The first-order valence-corrected chi connectivity index (χ1v) is 14.4. The van der Waals surface area contributed by atoms with Gasteiger partial charge in [0.1, 0.15) is 0 Å². The van der Waals surface area contributed by atoms with Crippen molar-refractivity contribution >= 4 is 10.4 Å². The standard InChI is InChI=1S/C25H52O4S.Na/c1-3-5-7-9-11-12-13-14-15-17-19-21-23-25(24-29-30(26,27)28)22-20-18-16-10-8-6-4-2;/h25H,3-24H2,1-2H3,(H,26,27,28);/q;+1/p-1. The van der Waals surface area contributed by atoms with E-state index in [1.54, 1.807) is 0 Å². The molecule has 0 saturated carbocycles. The maximum atomic E-state index is 10.8. The molecule has 0 aromatic heterocycles. The fourth-order valence-corrected chi connectivity index (χ4v) is 4.51. The third-order valence-electron chi connectivity index (χ3n) is 6.13. The van der Waals surface area contributed by atoms with Gasteiger partial charge in [-0.3, -0.25) is 4.18 Å². The SMILES string of the molecule is CCCCCCCCCCCCCCC(CCCCCCCCC)COS(=O)(=O)[O-].[Na+]. The van der Waals surface area contributed by atoms with Gasteiger partial charge in [0.15, 0.2) is 0 Å². The van der Waals surface area contributed by atoms with Crippen LogP contribution in [0.5, 0.6) is 0 Å². The minimum absolute atomic E-state index is 0. The van der Waals surface area contributed by atoms with Crippen LogP contribution in [0.25, 0.3) is 0 Å². The normalized spacial score (nSPS) is 12.6. The van der Waals surface area contributed by atoms with Gasteiger partial charge in [0.25, 0.3) is 0 Å². The quantitative estimate of drug-likeness (QED) is 0.0829. The second-order valence-corrected chi connectivity index (χ2v) is 10.2. The molecule has 0 amide bonds. The van der Waals surface area contributed by atoms with E-state index in [-0.39, 0.29) is 42.1 Å². The van der Waals surface area contributed by atoms with Crippen molar-refractivity contribution in [2.24, 2.45) is 5.92 Å². The summed E-state index contributed by atoms with van der Waals surface area (Å²) in [5, 5.41) is 0. The number of hydrogen-bond donors (Lipinski definition) is 0. The molecule has 4 nitrogen and oxygen atoms in total. The van der Waals surface area contributed by atoms with Crippen LogP contribution >= 0.6 is 0 Å². The second kappa shape index (κ2) is 25.5. The Morgan fingerprint density at radius 3 is 1.16 bits per heavy atom. The maximum Gasteiger partial charge on any atom is 1.00 e. The molecular weight excluding hydrogens is 419 g/mol. The Labute approximate surface area is 217 Å². The van der Waals surface area contributed by atoms with E-state index in [4.69, 9.17) is 0 Å². The van der Waals surface area contributed by atoms with Crippen LogP contribution in [0.4, 0.5) is 0 Å². The molecule has 0 heterocycles. The average molecular weight is 471 g/mol. The van der Waals surface area contributed by atoms with Crippen molar-refractivity contribution in [2.45, 2.75) is 149 Å². The summed E-state index contributed by atoms with van der Waals surface area (Å²) in [6.07, 6.45) is 26.6. The van der Waals surface area contributed by atoms with Crippen molar-refractivity contribution in [3.8, 4) is 0 Å². The Morgan fingerprint density at radius 2 is 0.871 bits per heavy atom. The van der Waals surface area contributed by atoms with E-state index in [0.717, 1.165) is 25.7 Å². The van der Waals surface area contributed by atoms with E-state index in [1.165, 1.54) is 109 Å². The monoisotopic (exact) mass is 470 g/mol. The predicted octanol–water partition coefficient (Wildman–Crippen LogP) is 5.32. The van der Waals surface area contributed by atoms with E-state index in [2.05, 4.69) is 18.0 Å². The zero-order chi connectivity index (χ0) is 22.3. The van der Waals surface area contributed by atoms with E-state index >= 15 is 0 Å². The van der Waals surface area contributed by atoms with Gasteiger partial charge in [0, 0.05) is 0 Å². The average Bonchev–Trinajstić information content (AvgIpc) is 2.70. The van der Waals surface area contributed by atoms with Gasteiger partial charge in [-0.15, -0.1) is 0 Å². The van der Waals surface area contributed by atoms with Crippen LogP contribution in [0.2, 0.25) is 0 Å². The van der Waals surface area contributed by atoms with Crippen molar-refractivity contribution in [2.75, 3.05) is 6.61 Å². The molecule has 0 bridgehead atoms. The number of unbranched alkanes of at least 4 members (excludes halogenated alkanes) is 17. The Hall–Kier alpha value is 0.870. The van der Waals surface area contributed by atoms with Crippen LogP contribution in [0, 0.1) is 5.92 Å². The molecule has 6 heteroatoms. The zero-order valence-corrected chi connectivity index (χ0v) is 24.0. The van der Waals surface area contributed by atoms with Crippen LogP contribution < -0.4 is 29.6 Å². The van der Waals surface area contributed by atoms with Gasteiger partial charge < -0.3 is 4.55 Å². The van der Waals surface area contributed by atoms with E-state index < -0.39 is 10.4 Å². The smallest absolute Gasteiger partial charge is 0.726 e. The molecule has 0 spiro atoms. The van der Waals surface area contributed by atoms with Crippen molar-refractivity contribution in [1.82, 2.24) is 0 Å². The molecular formula is C25H51NaO4S. The summed E-state index contributed by atoms with van der Waals surface area (Å²) in [5.41, 5.74) is 0. The Bertz CT molecular complexity index is 443. The summed E-state index contributed by atoms with van der Waals surface area (Å²) in [5.74, 6) is 0.201. The molecule has 0 saturated heterocycles. The predicted molar refractivity (Wildman–Crippen MR) is 127 cm³/mol. The molecule has 0 aliphatic heterocycles. The summed E-state index contributed by atoms with van der Waals surface area (Å²) >= 11 is 0. The van der Waals surface area contributed by atoms with Gasteiger partial charge in [-0.05, 0) is 18.8 Å². The van der Waals surface area contributed by atoms with Crippen LogP contribution in [0.1, 0.15) is 149 Å². The first-order chi connectivity index (χ1) is 14.5. The Balaban J connectivity index is 0. The molecule has 0 radical (unpaired) electrons. The second-order valence-electron chi connectivity index (χ2n) is 9.15.